The average molecular weight is 371 g/mol. The molecule has 2 amide bonds. The summed E-state index contributed by atoms with van der Waals surface area (Å²) in [6.45, 7) is 7.04. The molecule has 0 saturated carbocycles. The van der Waals surface area contributed by atoms with Gasteiger partial charge in [-0.3, -0.25) is 0 Å². The molecule has 0 spiro atoms. The van der Waals surface area contributed by atoms with Gasteiger partial charge < -0.3 is 24.4 Å². The van der Waals surface area contributed by atoms with Gasteiger partial charge in [0.15, 0.2) is 11.5 Å². The number of carbonyl (C=O) groups is 1. The quantitative estimate of drug-likeness (QED) is 0.884. The standard InChI is InChI=1S/C20H25N3O4/c1-13-5-7-17(18(9-13)25-4)27-19-8-6-16(10-21-19)22-20(24)23-11-14(2)26-15(3)12-23/h5-10,14-15H,11-12H2,1-4H3,(H,22,24). The maximum absolute atomic E-state index is 12.4. The van der Waals surface area contributed by atoms with E-state index >= 15 is 0 Å². The molecule has 2 heterocycles. The Morgan fingerprint density at radius 3 is 2.56 bits per heavy atom. The van der Waals surface area contributed by atoms with E-state index in [9.17, 15) is 4.79 Å². The van der Waals surface area contributed by atoms with Crippen molar-refractivity contribution in [2.75, 3.05) is 25.5 Å². The zero-order chi connectivity index (χ0) is 19.4. The van der Waals surface area contributed by atoms with Gasteiger partial charge in [0.2, 0.25) is 5.88 Å². The minimum atomic E-state index is -0.160. The largest absolute Gasteiger partial charge is 0.493 e. The van der Waals surface area contributed by atoms with Crippen LogP contribution in [0.1, 0.15) is 19.4 Å². The molecule has 2 unspecified atom stereocenters. The highest BCUT2D eigenvalue weighted by atomic mass is 16.5. The summed E-state index contributed by atoms with van der Waals surface area (Å²) in [5.74, 6) is 1.65. The Balaban J connectivity index is 1.63. The third-order valence-electron chi connectivity index (χ3n) is 4.23. The molecule has 0 bridgehead atoms. The number of methoxy groups -OCH3 is 1. The van der Waals surface area contributed by atoms with Crippen LogP contribution in [0, 0.1) is 6.92 Å². The molecule has 7 heteroatoms. The topological polar surface area (TPSA) is 72.9 Å². The third-order valence-corrected chi connectivity index (χ3v) is 4.23. The minimum absolute atomic E-state index is 0.0258. The second-order valence-electron chi connectivity index (χ2n) is 6.73. The fraction of sp³-hybridized carbons (Fsp3) is 0.400. The number of hydrogen-bond donors (Lipinski definition) is 1. The maximum Gasteiger partial charge on any atom is 0.322 e. The number of pyridine rings is 1. The normalized spacial score (nSPS) is 19.5. The van der Waals surface area contributed by atoms with Crippen molar-refractivity contribution in [2.45, 2.75) is 33.0 Å². The summed E-state index contributed by atoms with van der Waals surface area (Å²) < 4.78 is 16.8. The van der Waals surface area contributed by atoms with Gasteiger partial charge in [-0.15, -0.1) is 0 Å². The van der Waals surface area contributed by atoms with Crippen molar-refractivity contribution >= 4 is 11.7 Å². The molecule has 0 aliphatic carbocycles. The first-order chi connectivity index (χ1) is 12.9. The van der Waals surface area contributed by atoms with Crippen LogP contribution in [0.25, 0.3) is 0 Å². The number of amides is 2. The molecule has 1 aromatic carbocycles. The zero-order valence-corrected chi connectivity index (χ0v) is 16.1. The van der Waals surface area contributed by atoms with E-state index in [4.69, 9.17) is 14.2 Å². The van der Waals surface area contributed by atoms with E-state index in [0.29, 0.717) is 36.2 Å². The van der Waals surface area contributed by atoms with Gasteiger partial charge in [-0.1, -0.05) is 6.07 Å². The summed E-state index contributed by atoms with van der Waals surface area (Å²) in [5, 5.41) is 2.86. The molecular formula is C20H25N3O4. The summed E-state index contributed by atoms with van der Waals surface area (Å²) in [6, 6.07) is 8.98. The van der Waals surface area contributed by atoms with Gasteiger partial charge in [-0.25, -0.2) is 9.78 Å². The predicted molar refractivity (Wildman–Crippen MR) is 103 cm³/mol. The van der Waals surface area contributed by atoms with Crippen molar-refractivity contribution in [3.63, 3.8) is 0 Å². The second-order valence-corrected chi connectivity index (χ2v) is 6.73. The lowest BCUT2D eigenvalue weighted by Crippen LogP contribution is -2.49. The molecule has 1 saturated heterocycles. The first kappa shape index (κ1) is 19.0. The lowest BCUT2D eigenvalue weighted by Gasteiger charge is -2.35. The molecule has 3 rings (SSSR count). The number of aromatic nitrogens is 1. The van der Waals surface area contributed by atoms with E-state index in [0.717, 1.165) is 5.56 Å². The Morgan fingerprint density at radius 1 is 1.19 bits per heavy atom. The molecule has 1 N–H and O–H groups in total. The van der Waals surface area contributed by atoms with Gasteiger partial charge in [-0.2, -0.15) is 0 Å². The number of nitrogens with zero attached hydrogens (tertiary/aromatic N) is 2. The van der Waals surface area contributed by atoms with Crippen LogP contribution in [-0.4, -0.2) is 48.3 Å². The Bertz CT molecular complexity index is 784. The number of nitrogens with one attached hydrogen (secondary N) is 1. The van der Waals surface area contributed by atoms with Gasteiger partial charge in [-0.05, 0) is 44.5 Å². The van der Waals surface area contributed by atoms with E-state index in [-0.39, 0.29) is 18.2 Å². The van der Waals surface area contributed by atoms with E-state index in [1.807, 2.05) is 39.0 Å². The molecule has 2 atom stereocenters. The third kappa shape index (κ3) is 4.89. The van der Waals surface area contributed by atoms with Crippen molar-refractivity contribution in [1.82, 2.24) is 9.88 Å². The summed E-state index contributed by atoms with van der Waals surface area (Å²) >= 11 is 0. The summed E-state index contributed by atoms with van der Waals surface area (Å²) in [4.78, 5) is 18.4. The number of carbonyl (C=O) groups excluding carboxylic acids is 1. The highest BCUT2D eigenvalue weighted by Crippen LogP contribution is 2.31. The van der Waals surface area contributed by atoms with E-state index in [1.165, 1.54) is 0 Å². The molecular weight excluding hydrogens is 346 g/mol. The van der Waals surface area contributed by atoms with Crippen molar-refractivity contribution in [2.24, 2.45) is 0 Å². The van der Waals surface area contributed by atoms with Gasteiger partial charge in [0.1, 0.15) is 0 Å². The van der Waals surface area contributed by atoms with E-state index in [2.05, 4.69) is 10.3 Å². The molecule has 1 aliphatic rings. The van der Waals surface area contributed by atoms with Crippen molar-refractivity contribution < 1.29 is 19.0 Å². The van der Waals surface area contributed by atoms with Crippen LogP contribution in [0.15, 0.2) is 36.5 Å². The molecule has 27 heavy (non-hydrogen) atoms. The second kappa shape index (κ2) is 8.26. The van der Waals surface area contributed by atoms with Gasteiger partial charge in [0.25, 0.3) is 0 Å². The van der Waals surface area contributed by atoms with Gasteiger partial charge in [0, 0.05) is 19.2 Å². The Labute approximate surface area is 159 Å². The number of aryl methyl sites for hydroxylation is 1. The molecule has 1 aliphatic heterocycles. The highest BCUT2D eigenvalue weighted by Gasteiger charge is 2.25. The van der Waals surface area contributed by atoms with E-state index in [1.54, 1.807) is 30.3 Å². The smallest absolute Gasteiger partial charge is 0.322 e. The molecule has 1 aromatic heterocycles. The first-order valence-corrected chi connectivity index (χ1v) is 8.94. The number of morpholine rings is 1. The summed E-state index contributed by atoms with van der Waals surface area (Å²) in [6.07, 6.45) is 1.62. The van der Waals surface area contributed by atoms with Crippen molar-refractivity contribution in [1.29, 1.82) is 0 Å². The van der Waals surface area contributed by atoms with E-state index < -0.39 is 0 Å². The number of ether oxygens (including phenoxy) is 3. The Kier molecular flexibility index (Phi) is 5.81. The van der Waals surface area contributed by atoms with Crippen LogP contribution in [-0.2, 0) is 4.74 Å². The van der Waals surface area contributed by atoms with Crippen LogP contribution >= 0.6 is 0 Å². The number of hydrogen-bond acceptors (Lipinski definition) is 5. The summed E-state index contributed by atoms with van der Waals surface area (Å²) in [5.41, 5.74) is 1.69. The van der Waals surface area contributed by atoms with Crippen LogP contribution in [0.3, 0.4) is 0 Å². The zero-order valence-electron chi connectivity index (χ0n) is 16.1. The van der Waals surface area contributed by atoms with Gasteiger partial charge in [0.05, 0.1) is 31.2 Å². The van der Waals surface area contributed by atoms with Crippen molar-refractivity contribution in [3.05, 3.63) is 42.1 Å². The molecule has 144 valence electrons. The van der Waals surface area contributed by atoms with Crippen LogP contribution in [0.2, 0.25) is 0 Å². The number of benzene rings is 1. The minimum Gasteiger partial charge on any atom is -0.493 e. The van der Waals surface area contributed by atoms with Crippen LogP contribution in [0.5, 0.6) is 17.4 Å². The average Bonchev–Trinajstić information content (AvgIpc) is 2.64. The molecule has 2 aromatic rings. The molecule has 7 nitrogen and oxygen atoms in total. The highest BCUT2D eigenvalue weighted by molar-refractivity contribution is 5.89. The maximum atomic E-state index is 12.4. The fourth-order valence-electron chi connectivity index (χ4n) is 3.03. The molecule has 1 fully saturated rings. The number of rotatable bonds is 4. The SMILES string of the molecule is COc1cc(C)ccc1Oc1ccc(NC(=O)N2CC(C)OC(C)C2)cn1. The van der Waals surface area contributed by atoms with Gasteiger partial charge >= 0.3 is 6.03 Å². The fourth-order valence-corrected chi connectivity index (χ4v) is 3.03. The number of anilines is 1. The first-order valence-electron chi connectivity index (χ1n) is 8.94. The number of urea groups is 1. The lowest BCUT2D eigenvalue weighted by molar-refractivity contribution is -0.0530. The van der Waals surface area contributed by atoms with Crippen molar-refractivity contribution in [3.8, 4) is 17.4 Å². The lowest BCUT2D eigenvalue weighted by atomic mass is 10.2. The Morgan fingerprint density at radius 2 is 1.93 bits per heavy atom. The molecule has 0 radical (unpaired) electrons. The summed E-state index contributed by atoms with van der Waals surface area (Å²) in [7, 11) is 1.60. The monoisotopic (exact) mass is 371 g/mol. The van der Waals surface area contributed by atoms with Crippen LogP contribution < -0.4 is 14.8 Å². The van der Waals surface area contributed by atoms with Crippen LogP contribution in [0.4, 0.5) is 10.5 Å². The predicted octanol–water partition coefficient (Wildman–Crippen LogP) is 3.83. The Hall–Kier alpha value is -2.80.